The molecule has 2 N–H and O–H groups in total. The average Bonchev–Trinajstić information content (AvgIpc) is 2.46. The SMILES string of the molecule is CCC1CCCN(S(=O)(=O)c2ccc(OC)cc2N)C1. The van der Waals surface area contributed by atoms with Crippen LogP contribution < -0.4 is 10.5 Å². The minimum Gasteiger partial charge on any atom is -0.497 e. The molecule has 1 saturated heterocycles. The number of rotatable bonds is 4. The fraction of sp³-hybridized carbons (Fsp3) is 0.571. The van der Waals surface area contributed by atoms with Crippen molar-refractivity contribution in [1.82, 2.24) is 4.31 Å². The number of nitrogens with zero attached hydrogens (tertiary/aromatic N) is 1. The molecular weight excluding hydrogens is 276 g/mol. The normalized spacial score (nSPS) is 20.8. The molecule has 0 amide bonds. The molecule has 2 rings (SSSR count). The van der Waals surface area contributed by atoms with Gasteiger partial charge in [-0.15, -0.1) is 0 Å². The van der Waals surface area contributed by atoms with Crippen LogP contribution in [0.3, 0.4) is 0 Å². The molecular formula is C14H22N2O3S. The number of nitrogen functional groups attached to an aromatic ring is 1. The van der Waals surface area contributed by atoms with Crippen LogP contribution in [0.1, 0.15) is 26.2 Å². The van der Waals surface area contributed by atoms with Crippen LogP contribution in [-0.4, -0.2) is 32.9 Å². The van der Waals surface area contributed by atoms with Gasteiger partial charge in [-0.25, -0.2) is 8.42 Å². The Balaban J connectivity index is 2.30. The van der Waals surface area contributed by atoms with E-state index < -0.39 is 10.0 Å². The second-order valence-electron chi connectivity index (χ2n) is 5.18. The van der Waals surface area contributed by atoms with Crippen molar-refractivity contribution < 1.29 is 13.2 Å². The first-order valence-electron chi connectivity index (χ1n) is 6.92. The Morgan fingerprint density at radius 3 is 2.80 bits per heavy atom. The zero-order valence-electron chi connectivity index (χ0n) is 12.0. The monoisotopic (exact) mass is 298 g/mol. The third-order valence-corrected chi connectivity index (χ3v) is 5.83. The number of hydrogen-bond donors (Lipinski definition) is 1. The molecule has 1 unspecified atom stereocenters. The van der Waals surface area contributed by atoms with E-state index in [1.165, 1.54) is 13.2 Å². The molecule has 1 aliphatic rings. The van der Waals surface area contributed by atoms with Crippen LogP contribution in [0.15, 0.2) is 23.1 Å². The van der Waals surface area contributed by atoms with Gasteiger partial charge in [0.05, 0.1) is 12.8 Å². The highest BCUT2D eigenvalue weighted by Gasteiger charge is 2.30. The van der Waals surface area contributed by atoms with E-state index in [9.17, 15) is 8.42 Å². The van der Waals surface area contributed by atoms with Gasteiger partial charge in [-0.2, -0.15) is 4.31 Å². The fourth-order valence-corrected chi connectivity index (χ4v) is 4.26. The molecule has 0 saturated carbocycles. The molecule has 1 atom stereocenters. The van der Waals surface area contributed by atoms with Gasteiger partial charge in [0.1, 0.15) is 10.6 Å². The van der Waals surface area contributed by atoms with Crippen molar-refractivity contribution in [2.45, 2.75) is 31.1 Å². The molecule has 1 aromatic carbocycles. The van der Waals surface area contributed by atoms with Gasteiger partial charge in [0.2, 0.25) is 10.0 Å². The van der Waals surface area contributed by atoms with E-state index in [2.05, 4.69) is 6.92 Å². The largest absolute Gasteiger partial charge is 0.497 e. The first-order chi connectivity index (χ1) is 9.48. The lowest BCUT2D eigenvalue weighted by atomic mass is 9.97. The van der Waals surface area contributed by atoms with Crippen molar-refractivity contribution in [3.8, 4) is 5.75 Å². The minimum atomic E-state index is -3.51. The predicted octanol–water partition coefficient (Wildman–Crippen LogP) is 2.09. The number of ether oxygens (including phenoxy) is 1. The summed E-state index contributed by atoms with van der Waals surface area (Å²) in [5.74, 6) is 1.00. The van der Waals surface area contributed by atoms with Crippen LogP contribution in [0.2, 0.25) is 0 Å². The van der Waals surface area contributed by atoms with Crippen molar-refractivity contribution in [2.75, 3.05) is 25.9 Å². The lowest BCUT2D eigenvalue weighted by Crippen LogP contribution is -2.39. The van der Waals surface area contributed by atoms with Gasteiger partial charge in [0, 0.05) is 19.2 Å². The Hall–Kier alpha value is -1.27. The van der Waals surface area contributed by atoms with Gasteiger partial charge in [-0.1, -0.05) is 13.3 Å². The molecule has 0 aromatic heterocycles. The number of hydrogen-bond acceptors (Lipinski definition) is 4. The summed E-state index contributed by atoms with van der Waals surface area (Å²) in [5, 5.41) is 0. The minimum absolute atomic E-state index is 0.176. The lowest BCUT2D eigenvalue weighted by Gasteiger charge is -2.31. The maximum atomic E-state index is 12.7. The maximum Gasteiger partial charge on any atom is 0.245 e. The van der Waals surface area contributed by atoms with Crippen molar-refractivity contribution in [3.63, 3.8) is 0 Å². The standard InChI is InChI=1S/C14H22N2O3S/c1-3-11-5-4-8-16(10-11)20(17,18)14-7-6-12(19-2)9-13(14)15/h6-7,9,11H,3-5,8,10,15H2,1-2H3. The maximum absolute atomic E-state index is 12.7. The van der Waals surface area contributed by atoms with Gasteiger partial charge in [0.15, 0.2) is 0 Å². The van der Waals surface area contributed by atoms with E-state index in [4.69, 9.17) is 10.5 Å². The summed E-state index contributed by atoms with van der Waals surface area (Å²) < 4.78 is 32.0. The third kappa shape index (κ3) is 2.91. The summed E-state index contributed by atoms with van der Waals surface area (Å²) in [6.45, 7) is 3.26. The summed E-state index contributed by atoms with van der Waals surface area (Å²) in [6.07, 6.45) is 3.01. The first-order valence-corrected chi connectivity index (χ1v) is 8.36. The molecule has 1 heterocycles. The van der Waals surface area contributed by atoms with Gasteiger partial charge in [0.25, 0.3) is 0 Å². The Morgan fingerprint density at radius 1 is 1.45 bits per heavy atom. The lowest BCUT2D eigenvalue weighted by molar-refractivity contribution is 0.261. The molecule has 0 radical (unpaired) electrons. The summed E-state index contributed by atoms with van der Waals surface area (Å²) in [7, 11) is -1.98. The Morgan fingerprint density at radius 2 is 2.20 bits per heavy atom. The van der Waals surface area contributed by atoms with E-state index in [0.29, 0.717) is 24.8 Å². The zero-order valence-corrected chi connectivity index (χ0v) is 12.8. The average molecular weight is 298 g/mol. The highest BCUT2D eigenvalue weighted by Crippen LogP contribution is 2.30. The topological polar surface area (TPSA) is 72.6 Å². The first kappa shape index (κ1) is 15.1. The number of anilines is 1. The van der Waals surface area contributed by atoms with Crippen molar-refractivity contribution in [2.24, 2.45) is 5.92 Å². The molecule has 5 nitrogen and oxygen atoms in total. The number of nitrogens with two attached hydrogens (primary N) is 1. The highest BCUT2D eigenvalue weighted by atomic mass is 32.2. The zero-order chi connectivity index (χ0) is 14.8. The molecule has 1 aromatic rings. The van der Waals surface area contributed by atoms with Gasteiger partial charge in [-0.3, -0.25) is 0 Å². The highest BCUT2D eigenvalue weighted by molar-refractivity contribution is 7.89. The molecule has 1 aliphatic heterocycles. The second kappa shape index (κ2) is 6.01. The Bertz CT molecular complexity index is 572. The molecule has 20 heavy (non-hydrogen) atoms. The number of methoxy groups -OCH3 is 1. The molecule has 112 valence electrons. The van der Waals surface area contributed by atoms with Gasteiger partial charge < -0.3 is 10.5 Å². The molecule has 0 bridgehead atoms. The summed E-state index contributed by atoms with van der Waals surface area (Å²) in [4.78, 5) is 0.176. The van der Waals surface area contributed by atoms with Crippen molar-refractivity contribution in [1.29, 1.82) is 0 Å². The molecule has 0 aliphatic carbocycles. The van der Waals surface area contributed by atoms with Crippen LogP contribution in [-0.2, 0) is 10.0 Å². The molecule has 1 fully saturated rings. The van der Waals surface area contributed by atoms with E-state index in [-0.39, 0.29) is 10.6 Å². The predicted molar refractivity (Wildman–Crippen MR) is 79.2 cm³/mol. The smallest absolute Gasteiger partial charge is 0.245 e. The van der Waals surface area contributed by atoms with Crippen LogP contribution in [0.4, 0.5) is 5.69 Å². The van der Waals surface area contributed by atoms with Crippen molar-refractivity contribution in [3.05, 3.63) is 18.2 Å². The van der Waals surface area contributed by atoms with E-state index >= 15 is 0 Å². The number of sulfonamides is 1. The quantitative estimate of drug-likeness (QED) is 0.864. The molecule has 0 spiro atoms. The fourth-order valence-electron chi connectivity index (χ4n) is 2.61. The second-order valence-corrected chi connectivity index (χ2v) is 7.09. The Labute approximate surface area is 120 Å². The van der Waals surface area contributed by atoms with Crippen LogP contribution >= 0.6 is 0 Å². The summed E-state index contributed by atoms with van der Waals surface area (Å²) in [5.41, 5.74) is 6.11. The third-order valence-electron chi connectivity index (χ3n) is 3.89. The van der Waals surface area contributed by atoms with Crippen LogP contribution in [0, 0.1) is 5.92 Å². The van der Waals surface area contributed by atoms with E-state index in [1.54, 1.807) is 16.4 Å². The van der Waals surface area contributed by atoms with E-state index in [1.807, 2.05) is 0 Å². The van der Waals surface area contributed by atoms with Gasteiger partial charge in [-0.05, 0) is 30.9 Å². The Kier molecular flexibility index (Phi) is 4.55. The van der Waals surface area contributed by atoms with Crippen LogP contribution in [0.25, 0.3) is 0 Å². The molecule has 6 heteroatoms. The van der Waals surface area contributed by atoms with Crippen LogP contribution in [0.5, 0.6) is 5.75 Å². The summed E-state index contributed by atoms with van der Waals surface area (Å²) in [6, 6.07) is 4.71. The van der Waals surface area contributed by atoms with Gasteiger partial charge >= 0.3 is 0 Å². The van der Waals surface area contributed by atoms with Crippen molar-refractivity contribution >= 4 is 15.7 Å². The summed E-state index contributed by atoms with van der Waals surface area (Å²) >= 11 is 0. The number of piperidine rings is 1. The number of benzene rings is 1. The van der Waals surface area contributed by atoms with E-state index in [0.717, 1.165) is 19.3 Å².